The van der Waals surface area contributed by atoms with Gasteiger partial charge in [-0.3, -0.25) is 4.79 Å². The van der Waals surface area contributed by atoms with Crippen LogP contribution in [0.3, 0.4) is 0 Å². The van der Waals surface area contributed by atoms with Crippen LogP contribution >= 0.6 is 11.3 Å². The van der Waals surface area contributed by atoms with Crippen LogP contribution in [0.2, 0.25) is 0 Å². The zero-order valence-corrected chi connectivity index (χ0v) is 18.2. The van der Waals surface area contributed by atoms with Crippen LogP contribution in [0.4, 0.5) is 4.39 Å². The summed E-state index contributed by atoms with van der Waals surface area (Å²) in [6.07, 6.45) is 0. The molecule has 4 rings (SSSR count). The zero-order chi connectivity index (χ0) is 22.5. The summed E-state index contributed by atoms with van der Waals surface area (Å²) >= 11 is 1.20. The van der Waals surface area contributed by atoms with E-state index < -0.39 is 5.82 Å². The molecule has 0 bridgehead atoms. The average Bonchev–Trinajstić information content (AvgIpc) is 3.14. The highest BCUT2D eigenvalue weighted by Gasteiger charge is 2.22. The SMILES string of the molecule is CCNCCOc1ccc(Oc2c(C(=O)c3cccc(F)c3)sc3cc(O)ccc23)cc1. The van der Waals surface area contributed by atoms with Crippen molar-refractivity contribution in [3.8, 4) is 23.0 Å². The normalized spacial score (nSPS) is 10.9. The fraction of sp³-hybridized carbons (Fsp3) is 0.160. The molecule has 2 N–H and O–H groups in total. The molecule has 0 aliphatic rings. The highest BCUT2D eigenvalue weighted by molar-refractivity contribution is 7.21. The Balaban J connectivity index is 1.64. The third kappa shape index (κ3) is 4.90. The van der Waals surface area contributed by atoms with E-state index in [0.29, 0.717) is 38.8 Å². The highest BCUT2D eigenvalue weighted by Crippen LogP contribution is 2.42. The monoisotopic (exact) mass is 451 g/mol. The number of hydrogen-bond acceptors (Lipinski definition) is 6. The van der Waals surface area contributed by atoms with E-state index in [-0.39, 0.29) is 17.1 Å². The molecule has 0 spiro atoms. The molecular weight excluding hydrogens is 429 g/mol. The van der Waals surface area contributed by atoms with Gasteiger partial charge in [0.15, 0.2) is 5.75 Å². The molecule has 32 heavy (non-hydrogen) atoms. The van der Waals surface area contributed by atoms with Gasteiger partial charge in [0, 0.05) is 22.2 Å². The lowest BCUT2D eigenvalue weighted by molar-refractivity contribution is 0.104. The summed E-state index contributed by atoms with van der Waals surface area (Å²) in [4.78, 5) is 13.5. The first-order valence-electron chi connectivity index (χ1n) is 10.2. The van der Waals surface area contributed by atoms with Crippen molar-refractivity contribution in [3.05, 3.63) is 83.0 Å². The van der Waals surface area contributed by atoms with Crippen LogP contribution in [0.15, 0.2) is 66.7 Å². The third-order valence-corrected chi connectivity index (χ3v) is 5.89. The predicted molar refractivity (Wildman–Crippen MR) is 124 cm³/mol. The van der Waals surface area contributed by atoms with Crippen LogP contribution in [0.1, 0.15) is 22.2 Å². The maximum atomic E-state index is 13.7. The van der Waals surface area contributed by atoms with Crippen LogP contribution in [0.5, 0.6) is 23.0 Å². The van der Waals surface area contributed by atoms with E-state index in [9.17, 15) is 14.3 Å². The number of phenolic OH excluding ortho intramolecular Hbond substituents is 1. The Morgan fingerprint density at radius 1 is 1.06 bits per heavy atom. The molecule has 0 saturated carbocycles. The molecule has 0 radical (unpaired) electrons. The lowest BCUT2D eigenvalue weighted by Gasteiger charge is -2.10. The van der Waals surface area contributed by atoms with Gasteiger partial charge < -0.3 is 19.9 Å². The highest BCUT2D eigenvalue weighted by atomic mass is 32.1. The number of aromatic hydroxyl groups is 1. The van der Waals surface area contributed by atoms with Crippen molar-refractivity contribution < 1.29 is 23.8 Å². The van der Waals surface area contributed by atoms with Crippen LogP contribution in [0.25, 0.3) is 10.1 Å². The van der Waals surface area contributed by atoms with E-state index in [4.69, 9.17) is 9.47 Å². The Morgan fingerprint density at radius 2 is 1.84 bits per heavy atom. The molecule has 1 aromatic heterocycles. The van der Waals surface area contributed by atoms with Crippen molar-refractivity contribution in [2.24, 2.45) is 0 Å². The van der Waals surface area contributed by atoms with Crippen LogP contribution in [-0.4, -0.2) is 30.6 Å². The number of halogens is 1. The van der Waals surface area contributed by atoms with Crippen LogP contribution < -0.4 is 14.8 Å². The molecule has 7 heteroatoms. The maximum Gasteiger partial charge on any atom is 0.206 e. The topological polar surface area (TPSA) is 67.8 Å². The van der Waals surface area contributed by atoms with E-state index in [1.165, 1.54) is 29.5 Å². The standard InChI is InChI=1S/C25H22FNO4S/c1-2-27-12-13-30-19-7-9-20(10-8-19)31-24-21-11-6-18(28)15-22(21)32-25(24)23(29)16-4-3-5-17(26)14-16/h3-11,14-15,27-28H,2,12-13H2,1H3. The van der Waals surface area contributed by atoms with Crippen molar-refractivity contribution in [1.29, 1.82) is 0 Å². The Bertz CT molecular complexity index is 1240. The van der Waals surface area contributed by atoms with Gasteiger partial charge in [0.1, 0.15) is 34.5 Å². The third-order valence-electron chi connectivity index (χ3n) is 4.76. The summed E-state index contributed by atoms with van der Waals surface area (Å²) in [5, 5.41) is 13.7. The fourth-order valence-electron chi connectivity index (χ4n) is 3.21. The summed E-state index contributed by atoms with van der Waals surface area (Å²) < 4.78 is 26.2. The number of phenols is 1. The number of carbonyl (C=O) groups is 1. The summed E-state index contributed by atoms with van der Waals surface area (Å²) in [6, 6.07) is 17.5. The van der Waals surface area contributed by atoms with Gasteiger partial charge in [0.05, 0.1) is 0 Å². The molecular formula is C25H22FNO4S. The quantitative estimate of drug-likeness (QED) is 0.250. The van der Waals surface area contributed by atoms with Gasteiger partial charge in [0.25, 0.3) is 0 Å². The maximum absolute atomic E-state index is 13.7. The van der Waals surface area contributed by atoms with Gasteiger partial charge in [-0.15, -0.1) is 11.3 Å². The molecule has 4 aromatic rings. The number of carbonyl (C=O) groups excluding carboxylic acids is 1. The smallest absolute Gasteiger partial charge is 0.206 e. The number of thiophene rings is 1. The van der Waals surface area contributed by atoms with Crippen molar-refractivity contribution in [3.63, 3.8) is 0 Å². The summed E-state index contributed by atoms with van der Waals surface area (Å²) in [7, 11) is 0. The number of hydrogen-bond donors (Lipinski definition) is 2. The minimum absolute atomic E-state index is 0.0918. The zero-order valence-electron chi connectivity index (χ0n) is 17.4. The largest absolute Gasteiger partial charge is 0.508 e. The first-order chi connectivity index (χ1) is 15.5. The lowest BCUT2D eigenvalue weighted by atomic mass is 10.1. The fourth-order valence-corrected chi connectivity index (χ4v) is 4.34. The van der Waals surface area contributed by atoms with Gasteiger partial charge in [-0.1, -0.05) is 19.1 Å². The van der Waals surface area contributed by atoms with Gasteiger partial charge in [-0.25, -0.2) is 4.39 Å². The Hall–Kier alpha value is -3.42. The number of likely N-dealkylation sites (N-methyl/N-ethyl adjacent to an activating group) is 1. The molecule has 0 amide bonds. The van der Waals surface area contributed by atoms with E-state index in [1.807, 2.05) is 6.92 Å². The van der Waals surface area contributed by atoms with Crippen molar-refractivity contribution in [1.82, 2.24) is 5.32 Å². The Labute approximate surface area is 189 Å². The molecule has 3 aromatic carbocycles. The molecule has 0 saturated heterocycles. The van der Waals surface area contributed by atoms with Gasteiger partial charge in [-0.2, -0.15) is 0 Å². The summed E-state index contributed by atoms with van der Waals surface area (Å²) in [5.74, 6) is 0.885. The number of fused-ring (bicyclic) bond motifs is 1. The number of benzene rings is 3. The molecule has 1 heterocycles. The molecule has 0 aliphatic heterocycles. The van der Waals surface area contributed by atoms with Gasteiger partial charge in [0.2, 0.25) is 5.78 Å². The number of ketones is 1. The Morgan fingerprint density at radius 3 is 2.59 bits per heavy atom. The molecule has 0 atom stereocenters. The minimum Gasteiger partial charge on any atom is -0.508 e. The van der Waals surface area contributed by atoms with Crippen LogP contribution in [-0.2, 0) is 0 Å². The number of rotatable bonds is 9. The van der Waals surface area contributed by atoms with Crippen LogP contribution in [0, 0.1) is 5.82 Å². The molecule has 5 nitrogen and oxygen atoms in total. The summed E-state index contributed by atoms with van der Waals surface area (Å²) in [6.45, 7) is 4.24. The van der Waals surface area contributed by atoms with Gasteiger partial charge >= 0.3 is 0 Å². The van der Waals surface area contributed by atoms with Crippen molar-refractivity contribution in [2.45, 2.75) is 6.92 Å². The number of nitrogens with one attached hydrogen (secondary N) is 1. The first kappa shape index (κ1) is 21.8. The van der Waals surface area contributed by atoms with Crippen molar-refractivity contribution >= 4 is 27.2 Å². The number of ether oxygens (including phenoxy) is 2. The second-order valence-electron chi connectivity index (χ2n) is 7.06. The first-order valence-corrected chi connectivity index (χ1v) is 11.0. The van der Waals surface area contributed by atoms with Crippen molar-refractivity contribution in [2.75, 3.05) is 19.7 Å². The lowest BCUT2D eigenvalue weighted by Crippen LogP contribution is -2.20. The molecule has 0 aliphatic carbocycles. The predicted octanol–water partition coefficient (Wildman–Crippen LogP) is 5.76. The summed E-state index contributed by atoms with van der Waals surface area (Å²) in [5.41, 5.74) is 0.232. The molecule has 0 unspecified atom stereocenters. The second kappa shape index (κ2) is 9.80. The van der Waals surface area contributed by atoms with E-state index >= 15 is 0 Å². The minimum atomic E-state index is -0.484. The average molecular weight is 452 g/mol. The van der Waals surface area contributed by atoms with E-state index in [2.05, 4.69) is 5.32 Å². The van der Waals surface area contributed by atoms with Gasteiger partial charge in [-0.05, 0) is 61.1 Å². The van der Waals surface area contributed by atoms with E-state index in [1.54, 1.807) is 48.5 Å². The molecule has 164 valence electrons. The molecule has 0 fully saturated rings. The Kier molecular flexibility index (Phi) is 6.68. The van der Waals surface area contributed by atoms with E-state index in [0.717, 1.165) is 13.1 Å². The second-order valence-corrected chi connectivity index (χ2v) is 8.11.